The summed E-state index contributed by atoms with van der Waals surface area (Å²) in [5.41, 5.74) is 1.81. The van der Waals surface area contributed by atoms with Gasteiger partial charge in [-0.15, -0.1) is 0 Å². The first kappa shape index (κ1) is 19.9. The Bertz CT molecular complexity index is 1110. The third-order valence-electron chi connectivity index (χ3n) is 6.32. The molecule has 0 radical (unpaired) electrons. The van der Waals surface area contributed by atoms with E-state index in [-0.39, 0.29) is 5.78 Å². The lowest BCUT2D eigenvalue weighted by atomic mass is 9.67. The highest BCUT2D eigenvalue weighted by Crippen LogP contribution is 2.56. The largest absolute Gasteiger partial charge is 0.351 e. The van der Waals surface area contributed by atoms with E-state index in [1.165, 1.54) is 0 Å². The number of rotatable bonds is 2. The number of ketones is 1. The van der Waals surface area contributed by atoms with E-state index < -0.39 is 28.8 Å². The van der Waals surface area contributed by atoms with Crippen molar-refractivity contribution in [1.82, 2.24) is 0 Å². The summed E-state index contributed by atoms with van der Waals surface area (Å²) in [4.78, 5) is 15.9. The zero-order valence-corrected chi connectivity index (χ0v) is 17.8. The third kappa shape index (κ3) is 2.76. The van der Waals surface area contributed by atoms with Crippen molar-refractivity contribution in [2.75, 3.05) is 4.90 Å². The van der Waals surface area contributed by atoms with Gasteiger partial charge in [0.05, 0.1) is 24.2 Å². The number of hydrogen-bond donors (Lipinski definition) is 0. The summed E-state index contributed by atoms with van der Waals surface area (Å²) in [5.74, 6) is -0.517. The average molecular weight is 396 g/mol. The third-order valence-corrected chi connectivity index (χ3v) is 6.32. The first-order valence-electron chi connectivity index (χ1n) is 10.2. The molecule has 150 valence electrons. The van der Waals surface area contributed by atoms with Gasteiger partial charge in [0.1, 0.15) is 0 Å². The number of carbonyl (C=O) groups excluding carboxylic acids is 1. The molecule has 4 rings (SSSR count). The van der Waals surface area contributed by atoms with Gasteiger partial charge in [0.25, 0.3) is 0 Å². The number of benzene rings is 2. The molecule has 0 aliphatic carbocycles. The number of Topliss-reactive ketones (excluding diaryl/α,β-unsaturated/α-hetero) is 1. The fourth-order valence-electron chi connectivity index (χ4n) is 4.92. The summed E-state index contributed by atoms with van der Waals surface area (Å²) in [6, 6.07) is 19.4. The molecule has 1 fully saturated rings. The molecule has 0 spiro atoms. The molecule has 2 aliphatic heterocycles. The Morgan fingerprint density at radius 2 is 1.77 bits per heavy atom. The van der Waals surface area contributed by atoms with Crippen LogP contribution in [0.25, 0.3) is 6.08 Å². The van der Waals surface area contributed by atoms with Crippen LogP contribution in [0.5, 0.6) is 0 Å². The Kier molecular flexibility index (Phi) is 4.55. The predicted molar refractivity (Wildman–Crippen MR) is 118 cm³/mol. The van der Waals surface area contributed by atoms with Crippen LogP contribution in [-0.2, 0) is 4.79 Å². The summed E-state index contributed by atoms with van der Waals surface area (Å²) in [5, 5.41) is 20.7. The first-order chi connectivity index (χ1) is 14.2. The molecule has 4 heteroatoms. The fourth-order valence-corrected chi connectivity index (χ4v) is 4.92. The highest BCUT2D eigenvalue weighted by atomic mass is 16.1. The van der Waals surface area contributed by atoms with E-state index in [0.29, 0.717) is 0 Å². The number of carbonyl (C=O) groups is 1. The van der Waals surface area contributed by atoms with E-state index in [4.69, 9.17) is 0 Å². The maximum atomic E-state index is 13.8. The smallest absolute Gasteiger partial charge is 0.176 e. The maximum Gasteiger partial charge on any atom is 0.176 e. The predicted octanol–water partition coefficient (Wildman–Crippen LogP) is 5.01. The van der Waals surface area contributed by atoms with E-state index in [9.17, 15) is 15.3 Å². The minimum Gasteiger partial charge on any atom is -0.351 e. The molecular weight excluding hydrogens is 370 g/mol. The average Bonchev–Trinajstić information content (AvgIpc) is 3.03. The highest BCUT2D eigenvalue weighted by Gasteiger charge is 2.64. The van der Waals surface area contributed by atoms with E-state index in [1.807, 2.05) is 93.3 Å². The van der Waals surface area contributed by atoms with Gasteiger partial charge in [0.2, 0.25) is 0 Å². The van der Waals surface area contributed by atoms with E-state index in [2.05, 4.69) is 12.1 Å². The van der Waals surface area contributed by atoms with Gasteiger partial charge in [0.15, 0.2) is 11.2 Å². The van der Waals surface area contributed by atoms with Crippen molar-refractivity contribution in [2.45, 2.75) is 45.7 Å². The molecule has 2 aromatic carbocycles. The molecule has 2 aliphatic rings. The normalized spacial score (nSPS) is 23.8. The number of anilines is 1. The van der Waals surface area contributed by atoms with Crippen molar-refractivity contribution in [3.05, 3.63) is 71.3 Å². The molecule has 2 aromatic rings. The van der Waals surface area contributed by atoms with Gasteiger partial charge in [-0.2, -0.15) is 10.5 Å². The monoisotopic (exact) mass is 395 g/mol. The van der Waals surface area contributed by atoms with Crippen LogP contribution in [0.4, 0.5) is 5.69 Å². The van der Waals surface area contributed by atoms with Crippen molar-refractivity contribution >= 4 is 17.5 Å². The molecule has 0 aromatic heterocycles. The number of hydrogen-bond acceptors (Lipinski definition) is 4. The van der Waals surface area contributed by atoms with Crippen LogP contribution in [0.15, 0.2) is 54.6 Å². The van der Waals surface area contributed by atoms with E-state index >= 15 is 0 Å². The van der Waals surface area contributed by atoms with Crippen LogP contribution in [0.2, 0.25) is 0 Å². The molecule has 30 heavy (non-hydrogen) atoms. The lowest BCUT2D eigenvalue weighted by Crippen LogP contribution is -2.47. The number of fused-ring (bicyclic) bond motifs is 3. The highest BCUT2D eigenvalue weighted by molar-refractivity contribution is 5.96. The molecule has 4 nitrogen and oxygen atoms in total. The van der Waals surface area contributed by atoms with Crippen LogP contribution in [0.1, 0.15) is 43.4 Å². The minimum absolute atomic E-state index is 0.0384. The fraction of sp³-hybridized carbons (Fsp3) is 0.346. The Morgan fingerprint density at radius 3 is 2.40 bits per heavy atom. The quantitative estimate of drug-likeness (QED) is 0.717. The molecule has 0 saturated carbocycles. The summed E-state index contributed by atoms with van der Waals surface area (Å²) in [7, 11) is 0. The molecular formula is C26H25N3O. The van der Waals surface area contributed by atoms with E-state index in [0.717, 1.165) is 22.4 Å². The zero-order valence-electron chi connectivity index (χ0n) is 17.8. The molecule has 0 N–H and O–H groups in total. The van der Waals surface area contributed by atoms with Crippen LogP contribution >= 0.6 is 0 Å². The second kappa shape index (κ2) is 6.85. The first-order valence-corrected chi connectivity index (χ1v) is 10.2. The van der Waals surface area contributed by atoms with Crippen LogP contribution < -0.4 is 4.90 Å². The molecule has 3 atom stereocenters. The Balaban J connectivity index is 2.04. The van der Waals surface area contributed by atoms with Crippen molar-refractivity contribution in [3.63, 3.8) is 0 Å². The van der Waals surface area contributed by atoms with Gasteiger partial charge >= 0.3 is 0 Å². The van der Waals surface area contributed by atoms with Crippen LogP contribution in [0, 0.1) is 40.4 Å². The van der Waals surface area contributed by atoms with Crippen molar-refractivity contribution in [2.24, 2.45) is 10.8 Å². The SMILES string of the molecule is Cc1cccc([C@@H]2[C@H](C(=O)C(C)(C)C)N3c4ccccc4C=C[C@@H]3C2(C#N)C#N)c1. The van der Waals surface area contributed by atoms with Gasteiger partial charge in [-0.3, -0.25) is 4.79 Å². The minimum atomic E-state index is -1.37. The standard InChI is InChI=1S/C26H25N3O/c1-17-8-7-10-19(14-17)22-23(24(30)25(2,3)4)29-20-11-6-5-9-18(20)12-13-21(29)26(22,15-27)16-28/h5-14,21-23H,1-4H3/t21-,22-,23-/m1/s1. The van der Waals surface area contributed by atoms with E-state index in [1.54, 1.807) is 0 Å². The summed E-state index contributed by atoms with van der Waals surface area (Å²) >= 11 is 0. The van der Waals surface area contributed by atoms with Gasteiger partial charge in [0, 0.05) is 17.0 Å². The second-order valence-electron chi connectivity index (χ2n) is 9.31. The van der Waals surface area contributed by atoms with Crippen molar-refractivity contribution in [1.29, 1.82) is 10.5 Å². The lowest BCUT2D eigenvalue weighted by Gasteiger charge is -2.37. The molecule has 0 unspecified atom stereocenters. The second-order valence-corrected chi connectivity index (χ2v) is 9.31. The summed E-state index contributed by atoms with van der Waals surface area (Å²) in [6.07, 6.45) is 3.89. The summed E-state index contributed by atoms with van der Waals surface area (Å²) in [6.45, 7) is 7.70. The molecule has 0 amide bonds. The Labute approximate surface area is 178 Å². The Hall–Kier alpha value is -3.37. The van der Waals surface area contributed by atoms with Crippen molar-refractivity contribution in [3.8, 4) is 12.1 Å². The van der Waals surface area contributed by atoms with Gasteiger partial charge in [-0.1, -0.05) is 81.0 Å². The molecule has 2 heterocycles. The Morgan fingerprint density at radius 1 is 1.07 bits per heavy atom. The number of aryl methyl sites for hydroxylation is 1. The maximum absolute atomic E-state index is 13.8. The number of nitrogens with zero attached hydrogens (tertiary/aromatic N) is 3. The van der Waals surface area contributed by atoms with Crippen molar-refractivity contribution < 1.29 is 4.79 Å². The number of para-hydroxylation sites is 1. The number of nitriles is 2. The zero-order chi connectivity index (χ0) is 21.7. The molecule has 0 bridgehead atoms. The lowest BCUT2D eigenvalue weighted by molar-refractivity contribution is -0.127. The van der Waals surface area contributed by atoms with Gasteiger partial charge in [-0.25, -0.2) is 0 Å². The van der Waals surface area contributed by atoms with Crippen LogP contribution in [0.3, 0.4) is 0 Å². The molecule has 1 saturated heterocycles. The topological polar surface area (TPSA) is 67.9 Å². The van der Waals surface area contributed by atoms with Crippen LogP contribution in [-0.4, -0.2) is 17.9 Å². The summed E-state index contributed by atoms with van der Waals surface area (Å²) < 4.78 is 0. The van der Waals surface area contributed by atoms with Gasteiger partial charge in [-0.05, 0) is 24.1 Å². The van der Waals surface area contributed by atoms with Gasteiger partial charge < -0.3 is 4.90 Å².